The van der Waals surface area contributed by atoms with Gasteiger partial charge in [0.2, 0.25) is 0 Å². The van der Waals surface area contributed by atoms with Crippen LogP contribution in [0, 0.1) is 0 Å². The highest BCUT2D eigenvalue weighted by Crippen LogP contribution is 2.08. The normalized spacial score (nSPS) is 12.7. The summed E-state index contributed by atoms with van der Waals surface area (Å²) in [5.41, 5.74) is 0. The average molecular weight is 330 g/mol. The van der Waals surface area contributed by atoms with Gasteiger partial charge in [0, 0.05) is 0 Å². The van der Waals surface area contributed by atoms with Crippen molar-refractivity contribution in [3.05, 3.63) is 0 Å². The first-order valence-corrected chi connectivity index (χ1v) is 10.3. The lowest BCUT2D eigenvalue weighted by Crippen LogP contribution is -2.17. The van der Waals surface area contributed by atoms with Crippen molar-refractivity contribution in [2.24, 2.45) is 0 Å². The van der Waals surface area contributed by atoms with Crippen LogP contribution in [0.15, 0.2) is 0 Å². The maximum absolute atomic E-state index is 11.4. The minimum absolute atomic E-state index is 0.224. The van der Waals surface area contributed by atoms with Gasteiger partial charge in [-0.2, -0.15) is 16.8 Å². The predicted octanol–water partition coefficient (Wildman–Crippen LogP) is 2.75. The van der Waals surface area contributed by atoms with Crippen LogP contribution in [0.2, 0.25) is 0 Å². The molecule has 0 spiro atoms. The first-order chi connectivity index (χ1) is 9.33. The Morgan fingerprint density at radius 1 is 0.600 bits per heavy atom. The van der Waals surface area contributed by atoms with Crippen molar-refractivity contribution in [2.45, 2.75) is 65.2 Å². The monoisotopic (exact) mass is 330 g/mol. The highest BCUT2D eigenvalue weighted by Gasteiger charge is 2.19. The van der Waals surface area contributed by atoms with Gasteiger partial charge in [-0.3, -0.25) is 0 Å². The van der Waals surface area contributed by atoms with Gasteiger partial charge in [-0.25, -0.2) is 0 Å². The van der Waals surface area contributed by atoms with Gasteiger partial charge in [0.15, 0.2) is 0 Å². The Balaban J connectivity index is 3.98. The number of unbranched alkanes of at least 4 members (excludes halogenated alkanes) is 6. The van der Waals surface area contributed by atoms with E-state index in [-0.39, 0.29) is 11.5 Å². The van der Waals surface area contributed by atoms with Crippen molar-refractivity contribution in [3.63, 3.8) is 0 Å². The molecule has 0 aromatic heterocycles. The third-order valence-electron chi connectivity index (χ3n) is 2.73. The SMILES string of the molecule is CCCCCCS(=O)(=O)OOS(=O)(=O)CCCCCC. The molecule has 0 amide bonds. The van der Waals surface area contributed by atoms with Gasteiger partial charge in [-0.1, -0.05) is 61.0 Å². The maximum Gasteiger partial charge on any atom is 0.294 e. The lowest BCUT2D eigenvalue weighted by molar-refractivity contribution is -0.0850. The van der Waals surface area contributed by atoms with E-state index in [4.69, 9.17) is 0 Å². The molecular weight excluding hydrogens is 304 g/mol. The number of rotatable bonds is 13. The zero-order chi connectivity index (χ0) is 15.5. The highest BCUT2D eigenvalue weighted by molar-refractivity contribution is 7.88. The van der Waals surface area contributed by atoms with E-state index in [0.717, 1.165) is 38.5 Å². The highest BCUT2D eigenvalue weighted by atomic mass is 32.2. The van der Waals surface area contributed by atoms with Gasteiger partial charge < -0.3 is 0 Å². The minimum Gasteiger partial charge on any atom is -0.197 e. The van der Waals surface area contributed by atoms with Crippen LogP contribution in [0.3, 0.4) is 0 Å². The molecule has 0 N–H and O–H groups in total. The van der Waals surface area contributed by atoms with Crippen LogP contribution < -0.4 is 0 Å². The summed E-state index contributed by atoms with van der Waals surface area (Å²) in [5.74, 6) is -0.448. The topological polar surface area (TPSA) is 86.7 Å². The molecule has 0 atom stereocenters. The van der Waals surface area contributed by atoms with Crippen LogP contribution in [-0.4, -0.2) is 28.3 Å². The summed E-state index contributed by atoms with van der Waals surface area (Å²) in [6.45, 7) is 4.03. The smallest absolute Gasteiger partial charge is 0.197 e. The van der Waals surface area contributed by atoms with Crippen LogP contribution >= 0.6 is 0 Å². The fourth-order valence-electron chi connectivity index (χ4n) is 1.56. The molecule has 6 nitrogen and oxygen atoms in total. The Morgan fingerprint density at radius 3 is 1.25 bits per heavy atom. The minimum atomic E-state index is -3.93. The summed E-state index contributed by atoms with van der Waals surface area (Å²) < 4.78 is 53.9. The van der Waals surface area contributed by atoms with Gasteiger partial charge >= 0.3 is 0 Å². The first-order valence-electron chi connectivity index (χ1n) is 7.16. The lowest BCUT2D eigenvalue weighted by atomic mass is 10.2. The molecule has 0 bridgehead atoms. The molecule has 0 fully saturated rings. The molecule has 0 rings (SSSR count). The van der Waals surface area contributed by atoms with Gasteiger partial charge in [-0.05, 0) is 12.8 Å². The number of hydrogen-bond acceptors (Lipinski definition) is 6. The number of hydrogen-bond donors (Lipinski definition) is 0. The molecule has 0 aromatic rings. The van der Waals surface area contributed by atoms with E-state index in [1.807, 2.05) is 13.8 Å². The summed E-state index contributed by atoms with van der Waals surface area (Å²) in [6.07, 6.45) is 6.27. The molecule has 8 heteroatoms. The third-order valence-corrected chi connectivity index (χ3v) is 4.95. The molecule has 0 aliphatic carbocycles. The van der Waals surface area contributed by atoms with Crippen molar-refractivity contribution in [3.8, 4) is 0 Å². The van der Waals surface area contributed by atoms with Crippen LogP contribution in [0.25, 0.3) is 0 Å². The molecule has 0 radical (unpaired) electrons. The Morgan fingerprint density at radius 2 is 0.950 bits per heavy atom. The fraction of sp³-hybridized carbons (Fsp3) is 1.00. The van der Waals surface area contributed by atoms with Gasteiger partial charge in [0.1, 0.15) is 0 Å². The van der Waals surface area contributed by atoms with Gasteiger partial charge in [0.05, 0.1) is 11.5 Å². The molecular formula is C12H26O6S2. The van der Waals surface area contributed by atoms with Crippen LogP contribution in [0.5, 0.6) is 0 Å². The van der Waals surface area contributed by atoms with Crippen molar-refractivity contribution in [1.82, 2.24) is 0 Å². The van der Waals surface area contributed by atoms with E-state index in [9.17, 15) is 16.8 Å². The second kappa shape index (κ2) is 10.5. The van der Waals surface area contributed by atoms with Crippen LogP contribution in [-0.2, 0) is 28.9 Å². The maximum atomic E-state index is 11.4. The molecule has 0 aromatic carbocycles. The van der Waals surface area contributed by atoms with Crippen molar-refractivity contribution in [1.29, 1.82) is 0 Å². The zero-order valence-electron chi connectivity index (χ0n) is 12.3. The quantitative estimate of drug-likeness (QED) is 0.293. The summed E-state index contributed by atoms with van der Waals surface area (Å²) in [4.78, 5) is 0. The molecule has 0 aliphatic rings. The lowest BCUT2D eigenvalue weighted by Gasteiger charge is -2.05. The molecule has 20 heavy (non-hydrogen) atoms. The molecule has 0 aliphatic heterocycles. The second-order valence-corrected chi connectivity index (χ2v) is 8.10. The van der Waals surface area contributed by atoms with Crippen molar-refractivity contribution < 1.29 is 25.5 Å². The van der Waals surface area contributed by atoms with Gasteiger partial charge in [-0.15, -0.1) is 0 Å². The summed E-state index contributed by atoms with van der Waals surface area (Å²) in [7, 11) is -7.86. The van der Waals surface area contributed by atoms with Crippen molar-refractivity contribution in [2.75, 3.05) is 11.5 Å². The second-order valence-electron chi connectivity index (χ2n) is 4.78. The van der Waals surface area contributed by atoms with Crippen LogP contribution in [0.1, 0.15) is 65.2 Å². The van der Waals surface area contributed by atoms with E-state index in [0.29, 0.717) is 12.8 Å². The van der Waals surface area contributed by atoms with E-state index in [1.54, 1.807) is 0 Å². The molecule has 0 saturated heterocycles. The Hall–Kier alpha value is -0.180. The van der Waals surface area contributed by atoms with E-state index in [1.165, 1.54) is 0 Å². The standard InChI is InChI=1S/C12H26O6S2/c1-3-5-7-9-11-19(13,14)17-18-20(15,16)12-10-8-6-4-2/h3-12H2,1-2H3. The molecule has 0 saturated carbocycles. The Bertz CT molecular complexity index is 385. The summed E-state index contributed by atoms with van der Waals surface area (Å²) in [5, 5.41) is 0. The average Bonchev–Trinajstić information content (AvgIpc) is 2.38. The Labute approximate surface area is 123 Å². The summed E-state index contributed by atoms with van der Waals surface area (Å²) in [6, 6.07) is 0. The van der Waals surface area contributed by atoms with Crippen molar-refractivity contribution >= 4 is 20.2 Å². The fourth-order valence-corrected chi connectivity index (χ4v) is 3.49. The first kappa shape index (κ1) is 19.8. The Kier molecular flexibility index (Phi) is 10.4. The predicted molar refractivity (Wildman–Crippen MR) is 78.0 cm³/mol. The molecule has 122 valence electrons. The van der Waals surface area contributed by atoms with E-state index in [2.05, 4.69) is 8.67 Å². The molecule has 0 unspecified atom stereocenters. The van der Waals surface area contributed by atoms with E-state index >= 15 is 0 Å². The largest absolute Gasteiger partial charge is 0.294 e. The molecule has 0 heterocycles. The van der Waals surface area contributed by atoms with E-state index < -0.39 is 20.2 Å². The zero-order valence-corrected chi connectivity index (χ0v) is 14.0. The van der Waals surface area contributed by atoms with Crippen LogP contribution in [0.4, 0.5) is 0 Å². The third kappa shape index (κ3) is 11.6. The van der Waals surface area contributed by atoms with Gasteiger partial charge in [0.25, 0.3) is 20.2 Å². The summed E-state index contributed by atoms with van der Waals surface area (Å²) >= 11 is 0.